The zero-order valence-corrected chi connectivity index (χ0v) is 11.6. The minimum Gasteiger partial charge on any atom is -0.384 e. The average Bonchev–Trinajstić information content (AvgIpc) is 2.77. The summed E-state index contributed by atoms with van der Waals surface area (Å²) in [6, 6.07) is 3.76. The van der Waals surface area contributed by atoms with Crippen molar-refractivity contribution in [2.45, 2.75) is 19.4 Å². The lowest BCUT2D eigenvalue weighted by Crippen LogP contribution is -2.36. The Morgan fingerprint density at radius 3 is 2.94 bits per heavy atom. The van der Waals surface area contributed by atoms with E-state index in [1.54, 1.807) is 4.31 Å². The highest BCUT2D eigenvalue weighted by molar-refractivity contribution is 7.89. The number of aliphatic hydroxyl groups is 1. The first kappa shape index (κ1) is 13.6. The first-order valence-electron chi connectivity index (χ1n) is 5.78. The molecule has 1 aliphatic heterocycles. The second kappa shape index (κ2) is 5.85. The van der Waals surface area contributed by atoms with Crippen LogP contribution in [0.4, 0.5) is 0 Å². The van der Waals surface area contributed by atoms with Gasteiger partial charge in [0.15, 0.2) is 0 Å². The van der Waals surface area contributed by atoms with E-state index in [4.69, 9.17) is 5.11 Å². The zero-order chi connectivity index (χ0) is 13.0. The SMILES string of the molecule is O=S1(=O)CCCCN1Cc1ccc(C#CCO)s1. The van der Waals surface area contributed by atoms with Gasteiger partial charge in [0.2, 0.25) is 10.0 Å². The lowest BCUT2D eigenvalue weighted by Gasteiger charge is -2.25. The molecule has 4 nitrogen and oxygen atoms in total. The number of hydrogen-bond acceptors (Lipinski definition) is 4. The predicted octanol–water partition coefficient (Wildman–Crippen LogP) is 1.02. The van der Waals surface area contributed by atoms with Gasteiger partial charge in [-0.3, -0.25) is 0 Å². The fraction of sp³-hybridized carbons (Fsp3) is 0.500. The molecule has 0 saturated carbocycles. The molecule has 0 bridgehead atoms. The third kappa shape index (κ3) is 3.33. The molecule has 0 aromatic carbocycles. The van der Waals surface area contributed by atoms with Crippen molar-refractivity contribution >= 4 is 21.4 Å². The minimum atomic E-state index is -3.07. The van der Waals surface area contributed by atoms with Crippen LogP contribution in [0.5, 0.6) is 0 Å². The van der Waals surface area contributed by atoms with Crippen molar-refractivity contribution in [1.29, 1.82) is 0 Å². The van der Waals surface area contributed by atoms with Crippen molar-refractivity contribution in [3.63, 3.8) is 0 Å². The van der Waals surface area contributed by atoms with Crippen molar-refractivity contribution in [2.24, 2.45) is 0 Å². The first-order valence-corrected chi connectivity index (χ1v) is 8.20. The largest absolute Gasteiger partial charge is 0.384 e. The molecule has 0 unspecified atom stereocenters. The van der Waals surface area contributed by atoms with Crippen LogP contribution < -0.4 is 0 Å². The van der Waals surface area contributed by atoms with Gasteiger partial charge in [0.1, 0.15) is 6.61 Å². The van der Waals surface area contributed by atoms with Gasteiger partial charge < -0.3 is 5.11 Å². The van der Waals surface area contributed by atoms with Crippen LogP contribution in [-0.2, 0) is 16.6 Å². The van der Waals surface area contributed by atoms with E-state index in [1.165, 1.54) is 11.3 Å². The summed E-state index contributed by atoms with van der Waals surface area (Å²) in [6.07, 6.45) is 1.69. The summed E-state index contributed by atoms with van der Waals surface area (Å²) in [7, 11) is -3.07. The van der Waals surface area contributed by atoms with E-state index in [9.17, 15) is 8.42 Å². The Morgan fingerprint density at radius 1 is 1.39 bits per heavy atom. The summed E-state index contributed by atoms with van der Waals surface area (Å²) < 4.78 is 25.2. The maximum absolute atomic E-state index is 11.8. The predicted molar refractivity (Wildman–Crippen MR) is 71.7 cm³/mol. The van der Waals surface area contributed by atoms with Gasteiger partial charge in [0, 0.05) is 18.0 Å². The number of rotatable bonds is 2. The van der Waals surface area contributed by atoms with Crippen LogP contribution in [-0.4, -0.2) is 36.7 Å². The Labute approximate surface area is 111 Å². The summed E-state index contributed by atoms with van der Waals surface area (Å²) in [4.78, 5) is 1.84. The fourth-order valence-electron chi connectivity index (χ4n) is 1.85. The molecule has 1 N–H and O–H groups in total. The summed E-state index contributed by atoms with van der Waals surface area (Å²) >= 11 is 1.48. The zero-order valence-electron chi connectivity index (χ0n) is 9.92. The molecule has 98 valence electrons. The topological polar surface area (TPSA) is 57.6 Å². The van der Waals surface area contributed by atoms with Crippen molar-refractivity contribution in [2.75, 3.05) is 18.9 Å². The van der Waals surface area contributed by atoms with E-state index in [1.807, 2.05) is 12.1 Å². The normalized spacial score (nSPS) is 19.2. The average molecular weight is 285 g/mol. The van der Waals surface area contributed by atoms with E-state index in [2.05, 4.69) is 11.8 Å². The van der Waals surface area contributed by atoms with Gasteiger partial charge in [-0.25, -0.2) is 8.42 Å². The molecule has 1 aliphatic rings. The Morgan fingerprint density at radius 2 is 2.22 bits per heavy atom. The molecule has 0 spiro atoms. The Balaban J connectivity index is 2.07. The molecule has 2 heterocycles. The van der Waals surface area contributed by atoms with Crippen molar-refractivity contribution < 1.29 is 13.5 Å². The molecule has 1 aromatic heterocycles. The summed E-state index contributed by atoms with van der Waals surface area (Å²) in [5.74, 6) is 5.66. The number of hydrogen-bond donors (Lipinski definition) is 1. The van der Waals surface area contributed by atoms with Crippen LogP contribution >= 0.6 is 11.3 Å². The Hall–Kier alpha value is -0.870. The summed E-state index contributed by atoms with van der Waals surface area (Å²) in [5.41, 5.74) is 0. The Kier molecular flexibility index (Phi) is 4.40. The quantitative estimate of drug-likeness (QED) is 0.825. The smallest absolute Gasteiger partial charge is 0.214 e. The fourth-order valence-corrected chi connectivity index (χ4v) is 4.40. The summed E-state index contributed by atoms with van der Waals surface area (Å²) in [5, 5.41) is 8.61. The molecule has 0 radical (unpaired) electrons. The van der Waals surface area contributed by atoms with Crippen LogP contribution in [0.15, 0.2) is 12.1 Å². The third-order valence-electron chi connectivity index (χ3n) is 2.74. The van der Waals surface area contributed by atoms with E-state index < -0.39 is 10.0 Å². The highest BCUT2D eigenvalue weighted by Crippen LogP contribution is 2.22. The number of thiophene rings is 1. The number of sulfonamides is 1. The molecule has 0 aliphatic carbocycles. The molecular weight excluding hydrogens is 270 g/mol. The van der Waals surface area contributed by atoms with Crippen LogP contribution in [0, 0.1) is 11.8 Å². The van der Waals surface area contributed by atoms with Gasteiger partial charge >= 0.3 is 0 Å². The minimum absolute atomic E-state index is 0.159. The molecule has 18 heavy (non-hydrogen) atoms. The highest BCUT2D eigenvalue weighted by Gasteiger charge is 2.25. The van der Waals surface area contributed by atoms with Crippen molar-refractivity contribution in [1.82, 2.24) is 4.31 Å². The number of nitrogens with zero attached hydrogens (tertiary/aromatic N) is 1. The van der Waals surface area contributed by atoms with Crippen LogP contribution in [0.1, 0.15) is 22.6 Å². The molecule has 0 amide bonds. The molecule has 1 aromatic rings. The molecule has 0 atom stereocenters. The van der Waals surface area contributed by atoms with E-state index in [-0.39, 0.29) is 12.4 Å². The molecule has 1 saturated heterocycles. The monoisotopic (exact) mass is 285 g/mol. The van der Waals surface area contributed by atoms with Gasteiger partial charge in [-0.1, -0.05) is 11.8 Å². The third-order valence-corrected chi connectivity index (χ3v) is 5.63. The Bertz CT molecular complexity index is 566. The standard InChI is InChI=1S/C12H15NO3S2/c14-8-3-4-11-5-6-12(17-11)10-13-7-1-2-9-18(13,15)16/h5-6,14H,1-2,7-10H2. The van der Waals surface area contributed by atoms with E-state index >= 15 is 0 Å². The van der Waals surface area contributed by atoms with Gasteiger partial charge in [0.25, 0.3) is 0 Å². The second-order valence-electron chi connectivity index (χ2n) is 4.08. The van der Waals surface area contributed by atoms with Crippen molar-refractivity contribution in [3.8, 4) is 11.8 Å². The maximum atomic E-state index is 11.8. The number of aliphatic hydroxyl groups excluding tert-OH is 1. The van der Waals surface area contributed by atoms with E-state index in [0.717, 1.165) is 22.6 Å². The highest BCUT2D eigenvalue weighted by atomic mass is 32.2. The maximum Gasteiger partial charge on any atom is 0.214 e. The molecular formula is C12H15NO3S2. The van der Waals surface area contributed by atoms with Gasteiger partial charge in [-0.05, 0) is 25.0 Å². The lowest BCUT2D eigenvalue weighted by molar-refractivity contribution is 0.350. The van der Waals surface area contributed by atoms with Crippen molar-refractivity contribution in [3.05, 3.63) is 21.9 Å². The van der Waals surface area contributed by atoms with Gasteiger partial charge in [0.05, 0.1) is 10.6 Å². The summed E-state index contributed by atoms with van der Waals surface area (Å²) in [6.45, 7) is 0.888. The molecule has 1 fully saturated rings. The molecule has 2 rings (SSSR count). The second-order valence-corrected chi connectivity index (χ2v) is 7.34. The van der Waals surface area contributed by atoms with Crippen LogP contribution in [0.25, 0.3) is 0 Å². The molecule has 6 heteroatoms. The van der Waals surface area contributed by atoms with Crippen LogP contribution in [0.3, 0.4) is 0 Å². The van der Waals surface area contributed by atoms with Crippen LogP contribution in [0.2, 0.25) is 0 Å². The van der Waals surface area contributed by atoms with Gasteiger partial charge in [-0.15, -0.1) is 11.3 Å². The van der Waals surface area contributed by atoms with E-state index in [0.29, 0.717) is 13.1 Å². The first-order chi connectivity index (χ1) is 8.62. The lowest BCUT2D eigenvalue weighted by atomic mass is 10.3. The van der Waals surface area contributed by atoms with Gasteiger partial charge in [-0.2, -0.15) is 4.31 Å².